The quantitative estimate of drug-likeness (QED) is 0.291. The predicted octanol–water partition coefficient (Wildman–Crippen LogP) is -0.690. The van der Waals surface area contributed by atoms with Gasteiger partial charge in [0.1, 0.15) is 23.9 Å². The summed E-state index contributed by atoms with van der Waals surface area (Å²) in [6.45, 7) is 0. The van der Waals surface area contributed by atoms with E-state index in [4.69, 9.17) is 9.47 Å². The number of hydrogen-bond acceptors (Lipinski definition) is 6. The highest BCUT2D eigenvalue weighted by molar-refractivity contribution is 6.34. The number of carboxylic acids is 1. The lowest BCUT2D eigenvalue weighted by molar-refractivity contribution is -0.300. The zero-order valence-corrected chi connectivity index (χ0v) is 8.97. The summed E-state index contributed by atoms with van der Waals surface area (Å²) in [5.41, 5.74) is 0. The SMILES string of the molecule is COc1ccc(OC(=O)CC(=O)C(=O)[O-])cc1. The monoisotopic (exact) mass is 237 g/mol. The third kappa shape index (κ3) is 3.94. The van der Waals surface area contributed by atoms with Crippen molar-refractivity contribution < 1.29 is 29.0 Å². The molecule has 0 aliphatic rings. The molecule has 1 rings (SSSR count). The summed E-state index contributed by atoms with van der Waals surface area (Å²) in [6, 6.07) is 6.03. The molecule has 0 radical (unpaired) electrons. The van der Waals surface area contributed by atoms with Crippen molar-refractivity contribution in [2.24, 2.45) is 0 Å². The van der Waals surface area contributed by atoms with Crippen LogP contribution in [0.3, 0.4) is 0 Å². The van der Waals surface area contributed by atoms with Crippen molar-refractivity contribution in [1.82, 2.24) is 0 Å². The Hall–Kier alpha value is -2.37. The fraction of sp³-hybridized carbons (Fsp3) is 0.182. The summed E-state index contributed by atoms with van der Waals surface area (Å²) >= 11 is 0. The van der Waals surface area contributed by atoms with E-state index in [9.17, 15) is 19.5 Å². The van der Waals surface area contributed by atoms with Crippen LogP contribution in [0.4, 0.5) is 0 Å². The Kier molecular flexibility index (Phi) is 4.21. The van der Waals surface area contributed by atoms with Crippen LogP contribution >= 0.6 is 0 Å². The molecule has 6 nitrogen and oxygen atoms in total. The maximum Gasteiger partial charge on any atom is 0.319 e. The molecule has 0 spiro atoms. The number of benzene rings is 1. The van der Waals surface area contributed by atoms with E-state index in [2.05, 4.69) is 0 Å². The number of carbonyl (C=O) groups excluding carboxylic acids is 3. The molecule has 0 atom stereocenters. The highest BCUT2D eigenvalue weighted by atomic mass is 16.5. The van der Waals surface area contributed by atoms with Crippen LogP contribution in [0.2, 0.25) is 0 Å². The van der Waals surface area contributed by atoms with E-state index < -0.39 is 24.1 Å². The number of methoxy groups -OCH3 is 1. The first-order chi connectivity index (χ1) is 8.02. The molecule has 0 N–H and O–H groups in total. The van der Waals surface area contributed by atoms with E-state index >= 15 is 0 Å². The lowest BCUT2D eigenvalue weighted by atomic mass is 10.3. The van der Waals surface area contributed by atoms with E-state index in [1.165, 1.54) is 19.2 Å². The third-order valence-electron chi connectivity index (χ3n) is 1.82. The number of carboxylic acid groups (broad SMARTS) is 1. The molecule has 0 fully saturated rings. The van der Waals surface area contributed by atoms with E-state index in [0.717, 1.165) is 0 Å². The van der Waals surface area contributed by atoms with Gasteiger partial charge in [-0.25, -0.2) is 0 Å². The first-order valence-corrected chi connectivity index (χ1v) is 4.62. The number of aliphatic carboxylic acids is 1. The van der Waals surface area contributed by atoms with E-state index in [-0.39, 0.29) is 5.75 Å². The average Bonchev–Trinajstić information content (AvgIpc) is 2.29. The van der Waals surface area contributed by atoms with Crippen molar-refractivity contribution in [2.75, 3.05) is 7.11 Å². The van der Waals surface area contributed by atoms with Crippen LogP contribution in [-0.4, -0.2) is 24.8 Å². The molecule has 90 valence electrons. The summed E-state index contributed by atoms with van der Waals surface area (Å²) in [5, 5.41) is 10.1. The van der Waals surface area contributed by atoms with Crippen molar-refractivity contribution >= 4 is 17.7 Å². The van der Waals surface area contributed by atoms with Gasteiger partial charge in [0, 0.05) is 0 Å². The molecule has 0 heterocycles. The normalized spacial score (nSPS) is 9.47. The molecule has 0 saturated carbocycles. The maximum absolute atomic E-state index is 11.1. The minimum absolute atomic E-state index is 0.196. The molecular formula is C11H9O6-. The fourth-order valence-corrected chi connectivity index (χ4v) is 1.01. The van der Waals surface area contributed by atoms with Crippen LogP contribution in [0.5, 0.6) is 11.5 Å². The van der Waals surface area contributed by atoms with Crippen LogP contribution in [0, 0.1) is 0 Å². The van der Waals surface area contributed by atoms with Gasteiger partial charge in [-0.15, -0.1) is 0 Å². The molecule has 17 heavy (non-hydrogen) atoms. The lowest BCUT2D eigenvalue weighted by Crippen LogP contribution is -2.33. The molecule has 0 aliphatic heterocycles. The van der Waals surface area contributed by atoms with Gasteiger partial charge in [-0.05, 0) is 24.3 Å². The highest BCUT2D eigenvalue weighted by Gasteiger charge is 2.12. The number of esters is 1. The number of Topliss-reactive ketones (excluding diaryl/α,β-unsaturated/α-hetero) is 1. The van der Waals surface area contributed by atoms with Gasteiger partial charge in [-0.1, -0.05) is 0 Å². The second-order valence-electron chi connectivity index (χ2n) is 3.04. The zero-order chi connectivity index (χ0) is 12.8. The number of ether oxygens (including phenoxy) is 2. The molecule has 1 aromatic rings. The Labute approximate surface area is 96.8 Å². The van der Waals surface area contributed by atoms with Crippen LogP contribution in [0.25, 0.3) is 0 Å². The average molecular weight is 237 g/mol. The van der Waals surface area contributed by atoms with Crippen LogP contribution in [0.15, 0.2) is 24.3 Å². The largest absolute Gasteiger partial charge is 0.542 e. The minimum atomic E-state index is -1.91. The maximum atomic E-state index is 11.1. The van der Waals surface area contributed by atoms with Gasteiger partial charge in [0.15, 0.2) is 5.78 Å². The van der Waals surface area contributed by atoms with Gasteiger partial charge in [-0.2, -0.15) is 0 Å². The predicted molar refractivity (Wildman–Crippen MR) is 53.3 cm³/mol. The van der Waals surface area contributed by atoms with Gasteiger partial charge in [0.25, 0.3) is 0 Å². The topological polar surface area (TPSA) is 92.7 Å². The van der Waals surface area contributed by atoms with E-state index in [1.54, 1.807) is 12.1 Å². The first-order valence-electron chi connectivity index (χ1n) is 4.62. The molecule has 6 heteroatoms. The minimum Gasteiger partial charge on any atom is -0.542 e. The Balaban J connectivity index is 2.56. The summed E-state index contributed by atoms with van der Waals surface area (Å²) < 4.78 is 9.62. The summed E-state index contributed by atoms with van der Waals surface area (Å²) in [4.78, 5) is 31.9. The van der Waals surface area contributed by atoms with Crippen molar-refractivity contribution in [3.05, 3.63) is 24.3 Å². The fourth-order valence-electron chi connectivity index (χ4n) is 1.01. The Morgan fingerprint density at radius 2 is 1.65 bits per heavy atom. The second kappa shape index (κ2) is 5.64. The van der Waals surface area contributed by atoms with Crippen LogP contribution in [0.1, 0.15) is 6.42 Å². The Morgan fingerprint density at radius 3 is 2.12 bits per heavy atom. The molecule has 0 aliphatic carbocycles. The first kappa shape index (κ1) is 12.7. The highest BCUT2D eigenvalue weighted by Crippen LogP contribution is 2.17. The third-order valence-corrected chi connectivity index (χ3v) is 1.82. The second-order valence-corrected chi connectivity index (χ2v) is 3.04. The molecule has 0 saturated heterocycles. The van der Waals surface area contributed by atoms with E-state index in [1.807, 2.05) is 0 Å². The van der Waals surface area contributed by atoms with Crippen molar-refractivity contribution in [3.8, 4) is 11.5 Å². The van der Waals surface area contributed by atoms with E-state index in [0.29, 0.717) is 5.75 Å². The molecule has 0 bridgehead atoms. The van der Waals surface area contributed by atoms with Gasteiger partial charge in [0.05, 0.1) is 7.11 Å². The summed E-state index contributed by atoms with van der Waals surface area (Å²) in [5.74, 6) is -3.40. The molecule has 0 aromatic heterocycles. The molecular weight excluding hydrogens is 228 g/mol. The summed E-state index contributed by atoms with van der Waals surface area (Å²) in [7, 11) is 1.49. The van der Waals surface area contributed by atoms with Gasteiger partial charge >= 0.3 is 5.97 Å². The standard InChI is InChI=1S/C11H10O6/c1-16-7-2-4-8(5-3-7)17-10(13)6-9(12)11(14)15/h2-5H,6H2,1H3,(H,14,15)/p-1. The smallest absolute Gasteiger partial charge is 0.319 e. The van der Waals surface area contributed by atoms with Gasteiger partial charge in [0.2, 0.25) is 0 Å². The van der Waals surface area contributed by atoms with Crippen LogP contribution in [-0.2, 0) is 14.4 Å². The summed E-state index contributed by atoms with van der Waals surface area (Å²) in [6.07, 6.45) is -0.853. The number of ketones is 1. The van der Waals surface area contributed by atoms with Gasteiger partial charge in [-0.3, -0.25) is 9.59 Å². The Morgan fingerprint density at radius 1 is 1.12 bits per heavy atom. The number of hydrogen-bond donors (Lipinski definition) is 0. The molecule has 0 unspecified atom stereocenters. The van der Waals surface area contributed by atoms with Crippen molar-refractivity contribution in [3.63, 3.8) is 0 Å². The lowest BCUT2D eigenvalue weighted by Gasteiger charge is -2.05. The molecule has 1 aromatic carbocycles. The van der Waals surface area contributed by atoms with Crippen LogP contribution < -0.4 is 14.6 Å². The van der Waals surface area contributed by atoms with Crippen molar-refractivity contribution in [2.45, 2.75) is 6.42 Å². The van der Waals surface area contributed by atoms with Gasteiger partial charge < -0.3 is 19.4 Å². The van der Waals surface area contributed by atoms with Crippen molar-refractivity contribution in [1.29, 1.82) is 0 Å². The molecule has 0 amide bonds. The zero-order valence-electron chi connectivity index (χ0n) is 8.97. The number of rotatable bonds is 5. The Bertz CT molecular complexity index is 434. The number of carbonyl (C=O) groups is 3.